The summed E-state index contributed by atoms with van der Waals surface area (Å²) in [5, 5.41) is 8.45. The van der Waals surface area contributed by atoms with Gasteiger partial charge < -0.3 is 5.11 Å². The molecule has 0 aliphatic heterocycles. The molecular formula is C10H11FN2O5. The smallest absolute Gasteiger partial charge is 0.335 e. The average molecular weight is 258 g/mol. The van der Waals surface area contributed by atoms with E-state index >= 15 is 0 Å². The molecule has 1 rings (SSSR count). The van der Waals surface area contributed by atoms with E-state index in [1.165, 1.54) is 0 Å². The van der Waals surface area contributed by atoms with Crippen LogP contribution in [0, 0.1) is 5.82 Å². The highest BCUT2D eigenvalue weighted by atomic mass is 19.1. The molecule has 0 unspecified atom stereocenters. The number of aliphatic hydroxyl groups is 1. The first-order chi connectivity index (χ1) is 8.45. The Kier molecular flexibility index (Phi) is 4.67. The van der Waals surface area contributed by atoms with Gasteiger partial charge in [-0.05, 0) is 6.42 Å². The van der Waals surface area contributed by atoms with Gasteiger partial charge in [0.05, 0.1) is 6.20 Å². The molecule has 0 aromatic carbocycles. The van der Waals surface area contributed by atoms with Crippen LogP contribution in [0.1, 0.15) is 24.1 Å². The summed E-state index contributed by atoms with van der Waals surface area (Å²) < 4.78 is 13.3. The molecule has 0 amide bonds. The number of aromatic nitrogens is 2. The van der Waals surface area contributed by atoms with Gasteiger partial charge in [-0.2, -0.15) is 4.39 Å². The number of aliphatic hydroxyl groups excluding tert-OH is 1. The van der Waals surface area contributed by atoms with Crippen molar-refractivity contribution in [1.82, 2.24) is 9.55 Å². The summed E-state index contributed by atoms with van der Waals surface area (Å²) in [6, 6.07) is 0. The number of nitrogens with zero attached hydrogens (tertiary/aromatic N) is 1. The lowest BCUT2D eigenvalue weighted by atomic mass is 10.2. The highest BCUT2D eigenvalue weighted by Crippen LogP contribution is 1.99. The van der Waals surface area contributed by atoms with E-state index in [9.17, 15) is 23.6 Å². The number of carbonyl (C=O) groups is 2. The number of hydrogen-bond donors (Lipinski definition) is 2. The molecule has 1 heterocycles. The molecular weight excluding hydrogens is 247 g/mol. The summed E-state index contributed by atoms with van der Waals surface area (Å²) in [4.78, 5) is 45.8. The highest BCUT2D eigenvalue weighted by molar-refractivity contribution is 5.81. The van der Waals surface area contributed by atoms with Crippen molar-refractivity contribution in [1.29, 1.82) is 0 Å². The molecule has 1 aromatic heterocycles. The number of hydrogen-bond acceptors (Lipinski definition) is 5. The second-order valence-corrected chi connectivity index (χ2v) is 3.55. The maximum Gasteiger partial charge on any atom is 0.335 e. The normalized spacial score (nSPS) is 10.3. The van der Waals surface area contributed by atoms with E-state index in [0.29, 0.717) is 10.8 Å². The molecule has 0 atom stereocenters. The first-order valence-electron chi connectivity index (χ1n) is 5.13. The maximum atomic E-state index is 12.9. The zero-order valence-corrected chi connectivity index (χ0v) is 9.31. The lowest BCUT2D eigenvalue weighted by molar-refractivity contribution is -0.121. The number of Topliss-reactive ketones (excluding diaryl/α,β-unsaturated/α-hetero) is 1. The van der Waals surface area contributed by atoms with Crippen molar-refractivity contribution in [2.24, 2.45) is 0 Å². The molecule has 2 N–H and O–H groups in total. The predicted molar refractivity (Wildman–Crippen MR) is 57.9 cm³/mol. The lowest BCUT2D eigenvalue weighted by Gasteiger charge is -2.03. The van der Waals surface area contributed by atoms with Crippen molar-refractivity contribution in [3.05, 3.63) is 32.9 Å². The van der Waals surface area contributed by atoms with E-state index in [0.717, 1.165) is 0 Å². The van der Waals surface area contributed by atoms with Gasteiger partial charge in [0.1, 0.15) is 6.61 Å². The number of H-pyrrole nitrogens is 1. The molecule has 7 nitrogen and oxygen atoms in total. The summed E-state index contributed by atoms with van der Waals surface area (Å²) in [5.41, 5.74) is -2.22. The molecule has 98 valence electrons. The monoisotopic (exact) mass is 258 g/mol. The molecule has 0 spiro atoms. The van der Waals surface area contributed by atoms with E-state index in [1.807, 2.05) is 0 Å². The first-order valence-corrected chi connectivity index (χ1v) is 5.13. The van der Waals surface area contributed by atoms with Gasteiger partial charge in [0.2, 0.25) is 11.7 Å². The molecule has 0 saturated heterocycles. The van der Waals surface area contributed by atoms with Crippen molar-refractivity contribution in [2.75, 3.05) is 6.61 Å². The predicted octanol–water partition coefficient (Wildman–Crippen LogP) is -0.952. The SMILES string of the molecule is O=C(CO)CCCC(=O)n1cc(F)c(=O)[nH]c1=O. The van der Waals surface area contributed by atoms with Crippen LogP contribution >= 0.6 is 0 Å². The first kappa shape index (κ1) is 14.0. The zero-order chi connectivity index (χ0) is 13.7. The Morgan fingerprint density at radius 3 is 2.61 bits per heavy atom. The number of carbonyl (C=O) groups excluding carboxylic acids is 2. The van der Waals surface area contributed by atoms with E-state index < -0.39 is 35.4 Å². The van der Waals surface area contributed by atoms with Crippen LogP contribution in [0.2, 0.25) is 0 Å². The minimum Gasteiger partial charge on any atom is -0.389 e. The van der Waals surface area contributed by atoms with E-state index in [1.54, 1.807) is 4.98 Å². The lowest BCUT2D eigenvalue weighted by Crippen LogP contribution is -2.35. The quantitative estimate of drug-likeness (QED) is 0.707. The second kappa shape index (κ2) is 6.01. The third kappa shape index (κ3) is 3.45. The van der Waals surface area contributed by atoms with Gasteiger partial charge in [-0.3, -0.25) is 19.4 Å². The molecule has 0 radical (unpaired) electrons. The van der Waals surface area contributed by atoms with Gasteiger partial charge in [0.25, 0.3) is 5.56 Å². The highest BCUT2D eigenvalue weighted by Gasteiger charge is 2.11. The number of nitrogens with one attached hydrogen (secondary N) is 1. The topological polar surface area (TPSA) is 109 Å². The number of ketones is 1. The summed E-state index contributed by atoms with van der Waals surface area (Å²) in [7, 11) is 0. The van der Waals surface area contributed by atoms with Gasteiger partial charge >= 0.3 is 5.69 Å². The summed E-state index contributed by atoms with van der Waals surface area (Å²) in [6.07, 6.45) is 0.461. The Balaban J connectivity index is 2.74. The third-order valence-corrected chi connectivity index (χ3v) is 2.19. The molecule has 0 aliphatic rings. The van der Waals surface area contributed by atoms with Gasteiger partial charge in [0, 0.05) is 12.8 Å². The van der Waals surface area contributed by atoms with Crippen LogP contribution in [0.4, 0.5) is 4.39 Å². The Hall–Kier alpha value is -2.09. The Morgan fingerprint density at radius 2 is 2.00 bits per heavy atom. The number of halogens is 1. The largest absolute Gasteiger partial charge is 0.389 e. The fraction of sp³-hybridized carbons (Fsp3) is 0.400. The van der Waals surface area contributed by atoms with Gasteiger partial charge in [-0.15, -0.1) is 0 Å². The zero-order valence-electron chi connectivity index (χ0n) is 9.31. The summed E-state index contributed by atoms with van der Waals surface area (Å²) in [6.45, 7) is -0.610. The minimum atomic E-state index is -1.24. The van der Waals surface area contributed by atoms with Crippen LogP contribution in [0.25, 0.3) is 0 Å². The van der Waals surface area contributed by atoms with Crippen LogP contribution in [0.15, 0.2) is 15.8 Å². The van der Waals surface area contributed by atoms with Gasteiger partial charge in [-0.1, -0.05) is 0 Å². The maximum absolute atomic E-state index is 12.9. The van der Waals surface area contributed by atoms with Crippen LogP contribution < -0.4 is 11.2 Å². The second-order valence-electron chi connectivity index (χ2n) is 3.55. The van der Waals surface area contributed by atoms with Crippen molar-refractivity contribution < 1.29 is 19.1 Å². The number of rotatable bonds is 5. The molecule has 18 heavy (non-hydrogen) atoms. The Bertz CT molecular complexity index is 574. The van der Waals surface area contributed by atoms with Gasteiger partial charge in [-0.25, -0.2) is 9.36 Å². The molecule has 0 fully saturated rings. The van der Waals surface area contributed by atoms with E-state index in [2.05, 4.69) is 0 Å². The summed E-state index contributed by atoms with van der Waals surface area (Å²) in [5.74, 6) is -2.40. The fourth-order valence-electron chi connectivity index (χ4n) is 1.27. The summed E-state index contributed by atoms with van der Waals surface area (Å²) >= 11 is 0. The van der Waals surface area contributed by atoms with Gasteiger partial charge in [0.15, 0.2) is 5.78 Å². The molecule has 1 aromatic rings. The molecule has 0 bridgehead atoms. The fourth-order valence-corrected chi connectivity index (χ4v) is 1.27. The molecule has 0 saturated carbocycles. The van der Waals surface area contributed by atoms with Crippen LogP contribution in [-0.4, -0.2) is 33.0 Å². The standard InChI is InChI=1S/C10H11FN2O5/c11-7-4-13(10(18)12-9(7)17)8(16)3-1-2-6(15)5-14/h4,14H,1-3,5H2,(H,12,17,18). The Labute approximate surface area is 99.9 Å². The number of aromatic amines is 1. The Morgan fingerprint density at radius 1 is 1.33 bits per heavy atom. The van der Waals surface area contributed by atoms with E-state index in [-0.39, 0.29) is 19.3 Å². The van der Waals surface area contributed by atoms with E-state index in [4.69, 9.17) is 5.11 Å². The van der Waals surface area contributed by atoms with Crippen LogP contribution in [-0.2, 0) is 4.79 Å². The van der Waals surface area contributed by atoms with Crippen molar-refractivity contribution in [2.45, 2.75) is 19.3 Å². The third-order valence-electron chi connectivity index (χ3n) is 2.19. The molecule has 8 heteroatoms. The van der Waals surface area contributed by atoms with Crippen molar-refractivity contribution >= 4 is 11.7 Å². The molecule has 0 aliphatic carbocycles. The van der Waals surface area contributed by atoms with Crippen LogP contribution in [0.5, 0.6) is 0 Å². The van der Waals surface area contributed by atoms with Crippen molar-refractivity contribution in [3.8, 4) is 0 Å². The minimum absolute atomic E-state index is 0.0111. The average Bonchev–Trinajstić information content (AvgIpc) is 2.33. The van der Waals surface area contributed by atoms with Crippen molar-refractivity contribution in [3.63, 3.8) is 0 Å². The van der Waals surface area contributed by atoms with Crippen LogP contribution in [0.3, 0.4) is 0 Å².